The van der Waals surface area contributed by atoms with E-state index < -0.39 is 52.9 Å². The summed E-state index contributed by atoms with van der Waals surface area (Å²) in [5.74, 6) is -4.77. The minimum atomic E-state index is -5.77. The first-order chi connectivity index (χ1) is 9.32. The van der Waals surface area contributed by atoms with Crippen molar-refractivity contribution in [3.63, 3.8) is 0 Å². The highest BCUT2D eigenvalue weighted by molar-refractivity contribution is 9.10. The molecule has 0 bridgehead atoms. The molecule has 0 aromatic heterocycles. The Hall–Kier alpha value is 0.140. The molecule has 0 amide bonds. The minimum absolute atomic E-state index is 0.714. The van der Waals surface area contributed by atoms with Gasteiger partial charge in [0.1, 0.15) is 0 Å². The molecule has 0 aliphatic rings. The average molecular weight is 432 g/mol. The van der Waals surface area contributed by atoms with E-state index in [-0.39, 0.29) is 0 Å². The summed E-state index contributed by atoms with van der Waals surface area (Å²) in [4.78, 5) is -4.16. The summed E-state index contributed by atoms with van der Waals surface area (Å²) in [5.41, 5.74) is -1.76. The second-order valence-electron chi connectivity index (χ2n) is 5.71. The largest absolute Gasteiger partial charge is 0.425 e. The Morgan fingerprint density at radius 1 is 0.909 bits per heavy atom. The van der Waals surface area contributed by atoms with Gasteiger partial charge in [0.15, 0.2) is 0 Å². The first-order valence-electron chi connectivity index (χ1n) is 5.85. The van der Waals surface area contributed by atoms with Gasteiger partial charge in [-0.05, 0) is 27.8 Å². The molecule has 0 saturated carbocycles. The van der Waals surface area contributed by atoms with E-state index in [4.69, 9.17) is 11.6 Å². The Labute approximate surface area is 134 Å². The monoisotopic (exact) mass is 430 g/mol. The second-order valence-corrected chi connectivity index (χ2v) is 7.30. The minimum Gasteiger partial charge on any atom is -0.231 e. The molecule has 11 heteroatoms. The van der Waals surface area contributed by atoms with Gasteiger partial charge < -0.3 is 0 Å². The summed E-state index contributed by atoms with van der Waals surface area (Å²) in [7, 11) is 0. The molecule has 0 aliphatic heterocycles. The normalized spacial score (nSPS) is 19.0. The Bertz CT molecular complexity index is 373. The van der Waals surface area contributed by atoms with Crippen molar-refractivity contribution >= 4 is 27.5 Å². The summed E-state index contributed by atoms with van der Waals surface area (Å²) in [6.45, 7) is 1.95. The van der Waals surface area contributed by atoms with Crippen molar-refractivity contribution in [1.29, 1.82) is 0 Å². The van der Waals surface area contributed by atoms with E-state index in [9.17, 15) is 39.5 Å². The number of rotatable bonds is 7. The summed E-state index contributed by atoms with van der Waals surface area (Å²) < 4.78 is 114. The van der Waals surface area contributed by atoms with Gasteiger partial charge in [0.05, 0.1) is 0 Å². The van der Waals surface area contributed by atoms with Crippen LogP contribution in [0, 0.1) is 5.41 Å². The number of alkyl halides is 11. The molecule has 0 aromatic rings. The first kappa shape index (κ1) is 22.1. The van der Waals surface area contributed by atoms with Crippen molar-refractivity contribution in [2.24, 2.45) is 5.41 Å². The van der Waals surface area contributed by atoms with E-state index >= 15 is 0 Å². The van der Waals surface area contributed by atoms with Gasteiger partial charge in [-0.3, -0.25) is 0 Å². The molecular formula is C11H13BrClF9. The lowest BCUT2D eigenvalue weighted by atomic mass is 9.80. The van der Waals surface area contributed by atoms with Gasteiger partial charge >= 0.3 is 11.0 Å². The zero-order chi connectivity index (χ0) is 18.2. The second kappa shape index (κ2) is 6.57. The summed E-state index contributed by atoms with van der Waals surface area (Å²) in [5, 5.41) is -3.61. The fourth-order valence-corrected chi connectivity index (χ4v) is 1.99. The standard InChI is InChI=1S/C11H13BrClF9/c1-7(2,3-4-9(13,17)11(12,21)22)5-8(15,16)6(14)10(18,19)20/h6H,3-5H2,1-2H3. The van der Waals surface area contributed by atoms with E-state index in [2.05, 4.69) is 0 Å². The molecule has 2 atom stereocenters. The van der Waals surface area contributed by atoms with Crippen molar-refractivity contribution in [1.82, 2.24) is 0 Å². The van der Waals surface area contributed by atoms with Gasteiger partial charge in [-0.1, -0.05) is 25.4 Å². The summed E-state index contributed by atoms with van der Waals surface area (Å²) in [6, 6.07) is 0. The molecule has 0 aromatic carbocycles. The van der Waals surface area contributed by atoms with Crippen LogP contribution in [0.25, 0.3) is 0 Å². The molecule has 0 rings (SSSR count). The Balaban J connectivity index is 4.91. The van der Waals surface area contributed by atoms with Crippen LogP contribution >= 0.6 is 27.5 Å². The lowest BCUT2D eigenvalue weighted by molar-refractivity contribution is -0.251. The van der Waals surface area contributed by atoms with E-state index in [0.29, 0.717) is 0 Å². The van der Waals surface area contributed by atoms with E-state index in [1.807, 2.05) is 0 Å². The molecule has 0 radical (unpaired) electrons. The van der Waals surface area contributed by atoms with Gasteiger partial charge in [-0.2, -0.15) is 22.0 Å². The average Bonchev–Trinajstić information content (AvgIpc) is 2.21. The van der Waals surface area contributed by atoms with E-state index in [1.165, 1.54) is 0 Å². The molecule has 0 saturated heterocycles. The molecule has 134 valence electrons. The van der Waals surface area contributed by atoms with Crippen LogP contribution in [0.15, 0.2) is 0 Å². The molecule has 22 heavy (non-hydrogen) atoms. The molecule has 0 fully saturated rings. The van der Waals surface area contributed by atoms with Gasteiger partial charge in [-0.25, -0.2) is 17.6 Å². The summed E-state index contributed by atoms with van der Waals surface area (Å²) >= 11 is 6.60. The zero-order valence-corrected chi connectivity index (χ0v) is 13.7. The maximum Gasteiger partial charge on any atom is 0.425 e. The van der Waals surface area contributed by atoms with Crippen molar-refractivity contribution < 1.29 is 39.5 Å². The molecular weight excluding hydrogens is 418 g/mol. The van der Waals surface area contributed by atoms with Gasteiger partial charge in [-0.15, -0.1) is 0 Å². The molecule has 0 heterocycles. The van der Waals surface area contributed by atoms with Gasteiger partial charge in [0.2, 0.25) is 0 Å². The smallest absolute Gasteiger partial charge is 0.231 e. The number of hydrogen-bond donors (Lipinski definition) is 0. The van der Waals surface area contributed by atoms with Crippen molar-refractivity contribution in [2.45, 2.75) is 61.3 Å². The maximum absolute atomic E-state index is 13.4. The molecule has 0 aliphatic carbocycles. The van der Waals surface area contributed by atoms with Crippen LogP contribution in [0.2, 0.25) is 0 Å². The molecule has 2 unspecified atom stereocenters. The third-order valence-electron chi connectivity index (χ3n) is 2.90. The van der Waals surface area contributed by atoms with E-state index in [1.54, 1.807) is 15.9 Å². The lowest BCUT2D eigenvalue weighted by Crippen LogP contribution is -2.44. The third-order valence-corrected chi connectivity index (χ3v) is 4.19. The highest BCUT2D eigenvalue weighted by Crippen LogP contribution is 2.48. The van der Waals surface area contributed by atoms with Crippen molar-refractivity contribution in [3.8, 4) is 0 Å². The van der Waals surface area contributed by atoms with E-state index in [0.717, 1.165) is 13.8 Å². The fraction of sp³-hybridized carbons (Fsp3) is 1.00. The van der Waals surface area contributed by atoms with Crippen molar-refractivity contribution in [2.75, 3.05) is 0 Å². The first-order valence-corrected chi connectivity index (χ1v) is 7.02. The Kier molecular flexibility index (Phi) is 6.61. The van der Waals surface area contributed by atoms with Crippen LogP contribution < -0.4 is 0 Å². The SMILES string of the molecule is CC(C)(CCC(F)(Cl)C(F)(F)Br)CC(F)(F)C(F)C(F)(F)F. The van der Waals surface area contributed by atoms with Crippen LogP contribution in [-0.4, -0.2) is 28.2 Å². The Morgan fingerprint density at radius 2 is 1.32 bits per heavy atom. The Morgan fingerprint density at radius 3 is 1.64 bits per heavy atom. The zero-order valence-electron chi connectivity index (χ0n) is 11.4. The summed E-state index contributed by atoms with van der Waals surface area (Å²) in [6.07, 6.45) is -13.6. The third kappa shape index (κ3) is 6.33. The van der Waals surface area contributed by atoms with Crippen LogP contribution in [0.5, 0.6) is 0 Å². The lowest BCUT2D eigenvalue weighted by Gasteiger charge is -2.33. The van der Waals surface area contributed by atoms with Gasteiger partial charge in [0, 0.05) is 12.8 Å². The van der Waals surface area contributed by atoms with Crippen LogP contribution in [0.1, 0.15) is 33.1 Å². The van der Waals surface area contributed by atoms with Crippen LogP contribution in [-0.2, 0) is 0 Å². The van der Waals surface area contributed by atoms with Crippen LogP contribution in [0.3, 0.4) is 0 Å². The van der Waals surface area contributed by atoms with Crippen molar-refractivity contribution in [3.05, 3.63) is 0 Å². The molecule has 0 N–H and O–H groups in total. The highest BCUT2D eigenvalue weighted by Gasteiger charge is 2.58. The molecule has 0 nitrogen and oxygen atoms in total. The van der Waals surface area contributed by atoms with Crippen LogP contribution in [0.4, 0.5) is 39.5 Å². The quantitative estimate of drug-likeness (QED) is 0.314. The number of hydrogen-bond acceptors (Lipinski definition) is 0. The van der Waals surface area contributed by atoms with Gasteiger partial charge in [0.25, 0.3) is 17.2 Å². The fourth-order valence-electron chi connectivity index (χ4n) is 1.69. The highest BCUT2D eigenvalue weighted by atomic mass is 79.9. The maximum atomic E-state index is 13.4. The predicted molar refractivity (Wildman–Crippen MR) is 67.1 cm³/mol. The topological polar surface area (TPSA) is 0 Å². The molecule has 0 spiro atoms. The number of halogens is 11. The predicted octanol–water partition coefficient (Wildman–Crippen LogP) is 6.61.